The number of nitrogens with zero attached hydrogens (tertiary/aromatic N) is 4. The first-order valence-electron chi connectivity index (χ1n) is 13.7. The zero-order valence-electron chi connectivity index (χ0n) is 23.9. The number of benzene rings is 3. The molecule has 1 amide bonds. The molecule has 5 rings (SSSR count). The Balaban J connectivity index is 1.26. The predicted octanol–water partition coefficient (Wildman–Crippen LogP) is 6.37. The van der Waals surface area contributed by atoms with Crippen molar-refractivity contribution in [1.82, 2.24) is 19.8 Å². The van der Waals surface area contributed by atoms with E-state index in [-0.39, 0.29) is 28.5 Å². The lowest BCUT2D eigenvalue weighted by Gasteiger charge is -2.32. The third kappa shape index (κ3) is 7.85. The second-order valence-electron chi connectivity index (χ2n) is 10.5. The highest BCUT2D eigenvalue weighted by Crippen LogP contribution is 2.28. The molecule has 44 heavy (non-hydrogen) atoms. The number of rotatable bonds is 8. The van der Waals surface area contributed by atoms with E-state index < -0.39 is 29.7 Å². The monoisotopic (exact) mass is 612 g/mol. The molecule has 230 valence electrons. The Kier molecular flexibility index (Phi) is 9.06. The van der Waals surface area contributed by atoms with Gasteiger partial charge in [-0.2, -0.15) is 0 Å². The number of piperazine rings is 1. The average Bonchev–Trinajstić information content (AvgIpc) is 2.97. The molecule has 0 atom stereocenters. The number of ether oxygens (including phenoxy) is 1. The fourth-order valence-electron chi connectivity index (χ4n) is 4.68. The van der Waals surface area contributed by atoms with Gasteiger partial charge in [0.2, 0.25) is 5.95 Å². The lowest BCUT2D eigenvalue weighted by atomic mass is 10.1. The van der Waals surface area contributed by atoms with Crippen LogP contribution in [0.4, 0.5) is 39.3 Å². The first-order chi connectivity index (χ1) is 20.9. The van der Waals surface area contributed by atoms with Gasteiger partial charge in [-0.25, -0.2) is 18.7 Å². The molecular weight excluding hydrogens is 583 g/mol. The molecule has 1 aliphatic rings. The minimum absolute atomic E-state index is 0.0709. The molecule has 3 aromatic carbocycles. The van der Waals surface area contributed by atoms with Crippen LogP contribution < -0.4 is 15.4 Å². The maximum Gasteiger partial charge on any atom is 0.573 e. The van der Waals surface area contributed by atoms with Crippen LogP contribution in [0.3, 0.4) is 0 Å². The molecule has 8 nitrogen and oxygen atoms in total. The number of aromatic nitrogens is 2. The van der Waals surface area contributed by atoms with Crippen LogP contribution in [-0.2, 0) is 6.54 Å². The Bertz CT molecular complexity index is 1640. The summed E-state index contributed by atoms with van der Waals surface area (Å²) in [4.78, 5) is 25.5. The van der Waals surface area contributed by atoms with E-state index in [1.165, 1.54) is 24.3 Å². The molecule has 1 saturated heterocycles. The molecule has 1 fully saturated rings. The molecule has 0 unspecified atom stereocenters. The van der Waals surface area contributed by atoms with Crippen LogP contribution in [0.2, 0.25) is 0 Å². The van der Waals surface area contributed by atoms with Gasteiger partial charge in [-0.05, 0) is 73.6 Å². The van der Waals surface area contributed by atoms with E-state index >= 15 is 4.39 Å². The van der Waals surface area contributed by atoms with Gasteiger partial charge < -0.3 is 20.3 Å². The van der Waals surface area contributed by atoms with Crippen LogP contribution in [0.15, 0.2) is 66.9 Å². The number of hydrogen-bond acceptors (Lipinski definition) is 7. The number of amides is 1. The summed E-state index contributed by atoms with van der Waals surface area (Å²) in [6.07, 6.45) is -4.02. The van der Waals surface area contributed by atoms with Gasteiger partial charge >= 0.3 is 6.36 Å². The number of likely N-dealkylation sites (N-methyl/N-ethyl adjacent to an activating group) is 1. The van der Waals surface area contributed by atoms with Crippen molar-refractivity contribution in [2.45, 2.75) is 19.8 Å². The molecule has 0 saturated carbocycles. The van der Waals surface area contributed by atoms with Crippen molar-refractivity contribution in [2.75, 3.05) is 43.9 Å². The van der Waals surface area contributed by atoms with E-state index in [0.29, 0.717) is 5.69 Å². The Hall–Kier alpha value is -4.62. The highest BCUT2D eigenvalue weighted by molar-refractivity contribution is 6.05. The van der Waals surface area contributed by atoms with Gasteiger partial charge in [-0.3, -0.25) is 9.69 Å². The van der Waals surface area contributed by atoms with Crippen molar-refractivity contribution in [1.29, 1.82) is 0 Å². The summed E-state index contributed by atoms with van der Waals surface area (Å²) in [5.41, 5.74) is 2.50. The van der Waals surface area contributed by atoms with E-state index in [4.69, 9.17) is 0 Å². The molecule has 0 radical (unpaired) electrons. The smallest absolute Gasteiger partial charge is 0.406 e. The van der Waals surface area contributed by atoms with Crippen molar-refractivity contribution in [3.8, 4) is 17.0 Å². The predicted molar refractivity (Wildman–Crippen MR) is 156 cm³/mol. The Morgan fingerprint density at radius 1 is 0.932 bits per heavy atom. The topological polar surface area (TPSA) is 82.6 Å². The van der Waals surface area contributed by atoms with Gasteiger partial charge in [-0.1, -0.05) is 12.1 Å². The van der Waals surface area contributed by atoms with Crippen LogP contribution in [0.1, 0.15) is 21.5 Å². The molecule has 13 heteroatoms. The van der Waals surface area contributed by atoms with E-state index in [9.17, 15) is 22.4 Å². The van der Waals surface area contributed by atoms with Gasteiger partial charge in [-0.15, -0.1) is 13.2 Å². The second-order valence-corrected chi connectivity index (χ2v) is 10.5. The third-order valence-electron chi connectivity index (χ3n) is 7.14. The summed E-state index contributed by atoms with van der Waals surface area (Å²) in [6.45, 7) is 6.56. The quantitative estimate of drug-likeness (QED) is 0.224. The lowest BCUT2D eigenvalue weighted by Crippen LogP contribution is -2.43. The number of halogens is 5. The van der Waals surface area contributed by atoms with Crippen molar-refractivity contribution < 1.29 is 31.5 Å². The van der Waals surface area contributed by atoms with Crippen molar-refractivity contribution in [2.24, 2.45) is 0 Å². The first-order valence-corrected chi connectivity index (χ1v) is 13.7. The number of carbonyl (C=O) groups excluding carboxylic acids is 1. The fourth-order valence-corrected chi connectivity index (χ4v) is 4.68. The zero-order chi connectivity index (χ0) is 31.4. The normalized spacial score (nSPS) is 14.3. The lowest BCUT2D eigenvalue weighted by molar-refractivity contribution is -0.274. The number of carbonyl (C=O) groups is 1. The van der Waals surface area contributed by atoms with E-state index in [1.54, 1.807) is 0 Å². The maximum atomic E-state index is 15.1. The van der Waals surface area contributed by atoms with Crippen LogP contribution in [-0.4, -0.2) is 65.3 Å². The van der Waals surface area contributed by atoms with Crippen LogP contribution in [0, 0.1) is 18.6 Å². The summed E-state index contributed by atoms with van der Waals surface area (Å²) >= 11 is 0. The number of anilines is 3. The Morgan fingerprint density at radius 2 is 1.66 bits per heavy atom. The van der Waals surface area contributed by atoms with E-state index in [2.05, 4.69) is 42.2 Å². The molecule has 4 aromatic rings. The van der Waals surface area contributed by atoms with Gasteiger partial charge in [0.15, 0.2) is 5.82 Å². The molecular formula is C31H29F5N6O2. The fraction of sp³-hybridized carbons (Fsp3) is 0.258. The average molecular weight is 613 g/mol. The summed E-state index contributed by atoms with van der Waals surface area (Å²) < 4.78 is 70.7. The standard InChI is InChI=1S/C31H29F5N6O2/c1-19-3-4-20(18-42-13-11-41(2)12-14-42)15-27(19)38-29(43)22-7-10-26(24(32)16-22)39-30-37-17-25(33)28(40-30)21-5-8-23(9-6-21)44-31(34,35)36/h3-10,15-17H,11-14,18H2,1-2H3,(H,38,43)(H,37,39,40). The Morgan fingerprint density at radius 3 is 2.34 bits per heavy atom. The molecule has 0 bridgehead atoms. The number of alkyl halides is 3. The van der Waals surface area contributed by atoms with Gasteiger partial charge in [0, 0.05) is 49.5 Å². The molecule has 0 aliphatic carbocycles. The summed E-state index contributed by atoms with van der Waals surface area (Å²) in [7, 11) is 2.10. The van der Waals surface area contributed by atoms with E-state index in [1.807, 2.05) is 25.1 Å². The molecule has 2 heterocycles. The number of aryl methyl sites for hydroxylation is 1. The van der Waals surface area contributed by atoms with Crippen LogP contribution in [0.25, 0.3) is 11.3 Å². The van der Waals surface area contributed by atoms with Crippen molar-refractivity contribution in [3.05, 3.63) is 95.2 Å². The van der Waals surface area contributed by atoms with Gasteiger partial charge in [0.1, 0.15) is 17.3 Å². The summed E-state index contributed by atoms with van der Waals surface area (Å²) in [5.74, 6) is -2.75. The van der Waals surface area contributed by atoms with E-state index in [0.717, 1.165) is 68.2 Å². The molecule has 1 aliphatic heterocycles. The van der Waals surface area contributed by atoms with Gasteiger partial charge in [0.05, 0.1) is 11.9 Å². The minimum Gasteiger partial charge on any atom is -0.406 e. The number of nitrogens with one attached hydrogen (secondary N) is 2. The first kappa shape index (κ1) is 30.8. The SMILES string of the molecule is Cc1ccc(CN2CCN(C)CC2)cc1NC(=O)c1ccc(Nc2ncc(F)c(-c3ccc(OC(F)(F)F)cc3)n2)c(F)c1. The Labute approximate surface area is 250 Å². The molecule has 0 spiro atoms. The highest BCUT2D eigenvalue weighted by Gasteiger charge is 2.31. The minimum atomic E-state index is -4.87. The largest absolute Gasteiger partial charge is 0.573 e. The summed E-state index contributed by atoms with van der Waals surface area (Å²) in [5, 5.41) is 5.51. The molecule has 1 aromatic heterocycles. The van der Waals surface area contributed by atoms with Gasteiger partial charge in [0.25, 0.3) is 5.91 Å². The maximum absolute atomic E-state index is 15.1. The highest BCUT2D eigenvalue weighted by atomic mass is 19.4. The third-order valence-corrected chi connectivity index (χ3v) is 7.14. The second kappa shape index (κ2) is 12.9. The van der Waals surface area contributed by atoms with Crippen molar-refractivity contribution in [3.63, 3.8) is 0 Å². The summed E-state index contributed by atoms with van der Waals surface area (Å²) in [6, 6.07) is 14.2. The zero-order valence-corrected chi connectivity index (χ0v) is 23.9. The number of hydrogen-bond donors (Lipinski definition) is 2. The van der Waals surface area contributed by atoms with Crippen LogP contribution in [0.5, 0.6) is 5.75 Å². The molecule has 2 N–H and O–H groups in total. The van der Waals surface area contributed by atoms with Crippen molar-refractivity contribution >= 4 is 23.2 Å². The van der Waals surface area contributed by atoms with Crippen LogP contribution >= 0.6 is 0 Å².